The predicted molar refractivity (Wildman–Crippen MR) is 78.7 cm³/mol. The number of fused-ring (bicyclic) bond motifs is 1. The first-order valence-electron chi connectivity index (χ1n) is 6.72. The van der Waals surface area contributed by atoms with Crippen LogP contribution in [0.1, 0.15) is 16.7 Å². The number of nitrogens with one attached hydrogen (secondary N) is 1. The Kier molecular flexibility index (Phi) is 3.81. The van der Waals surface area contributed by atoms with E-state index in [1.807, 2.05) is 30.3 Å². The van der Waals surface area contributed by atoms with Crippen molar-refractivity contribution in [2.24, 2.45) is 0 Å². The number of hydrogen-bond acceptors (Lipinski definition) is 3. The average molecular weight is 267 g/mol. The Bertz CT molecular complexity index is 620. The molecule has 3 rings (SSSR count). The van der Waals surface area contributed by atoms with Gasteiger partial charge in [-0.3, -0.25) is 0 Å². The molecule has 2 N–H and O–H groups in total. The second kappa shape index (κ2) is 5.90. The van der Waals surface area contributed by atoms with Crippen molar-refractivity contribution >= 4 is 6.08 Å². The smallest absolute Gasteiger partial charge is 0.123 e. The van der Waals surface area contributed by atoms with E-state index >= 15 is 0 Å². The van der Waals surface area contributed by atoms with E-state index in [4.69, 9.17) is 9.94 Å². The van der Waals surface area contributed by atoms with Crippen molar-refractivity contribution in [2.45, 2.75) is 13.0 Å². The first-order chi connectivity index (χ1) is 9.86. The molecule has 0 heterocycles. The molecule has 2 aromatic rings. The lowest BCUT2D eigenvalue weighted by molar-refractivity contribution is 0.176. The van der Waals surface area contributed by atoms with Crippen LogP contribution in [-0.4, -0.2) is 11.8 Å². The van der Waals surface area contributed by atoms with Crippen LogP contribution in [-0.2, 0) is 13.0 Å². The largest absolute Gasteiger partial charge is 0.489 e. The molecule has 1 aliphatic carbocycles. The Morgan fingerprint density at radius 1 is 1.05 bits per heavy atom. The van der Waals surface area contributed by atoms with Gasteiger partial charge in [-0.05, 0) is 29.2 Å². The lowest BCUT2D eigenvalue weighted by atomic mass is 10.1. The maximum atomic E-state index is 8.80. The monoisotopic (exact) mass is 267 g/mol. The Balaban J connectivity index is 1.73. The first kappa shape index (κ1) is 12.9. The van der Waals surface area contributed by atoms with Gasteiger partial charge in [-0.25, -0.2) is 5.48 Å². The normalized spacial score (nSPS) is 12.9. The van der Waals surface area contributed by atoms with Crippen molar-refractivity contribution in [3.8, 4) is 5.75 Å². The minimum Gasteiger partial charge on any atom is -0.489 e. The zero-order valence-corrected chi connectivity index (χ0v) is 11.2. The third-order valence-electron chi connectivity index (χ3n) is 3.48. The molecular formula is C17H17NO2. The van der Waals surface area contributed by atoms with E-state index in [0.29, 0.717) is 13.2 Å². The summed E-state index contributed by atoms with van der Waals surface area (Å²) >= 11 is 0. The molecule has 3 nitrogen and oxygen atoms in total. The molecule has 0 amide bonds. The van der Waals surface area contributed by atoms with Crippen molar-refractivity contribution in [3.05, 3.63) is 70.8 Å². The van der Waals surface area contributed by atoms with Gasteiger partial charge in [0.05, 0.1) is 0 Å². The Morgan fingerprint density at radius 3 is 2.70 bits per heavy atom. The van der Waals surface area contributed by atoms with Gasteiger partial charge in [0.2, 0.25) is 0 Å². The van der Waals surface area contributed by atoms with E-state index in [1.54, 1.807) is 0 Å². The third-order valence-corrected chi connectivity index (χ3v) is 3.48. The second-order valence-corrected chi connectivity index (χ2v) is 4.91. The summed E-state index contributed by atoms with van der Waals surface area (Å²) in [6.45, 7) is 1.07. The Hall–Kier alpha value is -2.10. The summed E-state index contributed by atoms with van der Waals surface area (Å²) in [6.07, 6.45) is 2.93. The molecule has 0 spiro atoms. The van der Waals surface area contributed by atoms with Gasteiger partial charge in [-0.15, -0.1) is 0 Å². The minimum atomic E-state index is 0.493. The molecule has 0 aromatic heterocycles. The molecule has 0 saturated carbocycles. The lowest BCUT2D eigenvalue weighted by Crippen LogP contribution is -2.11. The maximum absolute atomic E-state index is 8.80. The molecule has 0 saturated heterocycles. The van der Waals surface area contributed by atoms with Gasteiger partial charge < -0.3 is 9.94 Å². The zero-order valence-electron chi connectivity index (χ0n) is 11.2. The SMILES string of the molecule is ONCC1=Cc2cccc(OCc3ccccc3)c2C1. The van der Waals surface area contributed by atoms with E-state index < -0.39 is 0 Å². The highest BCUT2D eigenvalue weighted by atomic mass is 16.5. The molecule has 20 heavy (non-hydrogen) atoms. The van der Waals surface area contributed by atoms with E-state index in [0.717, 1.165) is 17.7 Å². The minimum absolute atomic E-state index is 0.493. The fourth-order valence-electron chi connectivity index (χ4n) is 2.49. The molecule has 0 radical (unpaired) electrons. The average Bonchev–Trinajstić information content (AvgIpc) is 2.89. The molecular weight excluding hydrogens is 250 g/mol. The topological polar surface area (TPSA) is 41.5 Å². The van der Waals surface area contributed by atoms with E-state index in [9.17, 15) is 0 Å². The fraction of sp³-hybridized carbons (Fsp3) is 0.176. The van der Waals surface area contributed by atoms with E-state index in [-0.39, 0.29) is 0 Å². The van der Waals surface area contributed by atoms with Crippen LogP contribution in [0.2, 0.25) is 0 Å². The molecule has 3 heteroatoms. The Labute approximate surface area is 118 Å². The van der Waals surface area contributed by atoms with Crippen LogP contribution in [0.5, 0.6) is 5.75 Å². The van der Waals surface area contributed by atoms with Crippen LogP contribution in [0.4, 0.5) is 0 Å². The summed E-state index contributed by atoms with van der Waals surface area (Å²) in [5.74, 6) is 0.926. The standard InChI is InChI=1S/C17H17NO2/c19-18-11-14-9-15-7-4-8-17(16(15)10-14)20-12-13-5-2-1-3-6-13/h1-9,18-19H,10-12H2. The number of hydroxylamine groups is 1. The van der Waals surface area contributed by atoms with Crippen LogP contribution in [0.3, 0.4) is 0 Å². The van der Waals surface area contributed by atoms with E-state index in [1.165, 1.54) is 16.7 Å². The van der Waals surface area contributed by atoms with Crippen LogP contribution >= 0.6 is 0 Å². The highest BCUT2D eigenvalue weighted by Gasteiger charge is 2.16. The lowest BCUT2D eigenvalue weighted by Gasteiger charge is -2.11. The zero-order chi connectivity index (χ0) is 13.8. The summed E-state index contributed by atoms with van der Waals surface area (Å²) in [7, 11) is 0. The molecule has 102 valence electrons. The van der Waals surface area contributed by atoms with Gasteiger partial charge in [-0.2, -0.15) is 0 Å². The maximum Gasteiger partial charge on any atom is 0.123 e. The van der Waals surface area contributed by atoms with Gasteiger partial charge in [-0.1, -0.05) is 48.5 Å². The van der Waals surface area contributed by atoms with E-state index in [2.05, 4.69) is 29.8 Å². The quantitative estimate of drug-likeness (QED) is 0.817. The highest BCUT2D eigenvalue weighted by Crippen LogP contribution is 2.32. The van der Waals surface area contributed by atoms with Gasteiger partial charge in [0.1, 0.15) is 12.4 Å². The molecule has 0 unspecified atom stereocenters. The van der Waals surface area contributed by atoms with Gasteiger partial charge in [0.15, 0.2) is 0 Å². The Morgan fingerprint density at radius 2 is 1.90 bits per heavy atom. The molecule has 0 atom stereocenters. The summed E-state index contributed by atoms with van der Waals surface area (Å²) in [4.78, 5) is 0. The van der Waals surface area contributed by atoms with Crippen LogP contribution in [0.15, 0.2) is 54.1 Å². The van der Waals surface area contributed by atoms with Gasteiger partial charge >= 0.3 is 0 Å². The van der Waals surface area contributed by atoms with Crippen molar-refractivity contribution in [3.63, 3.8) is 0 Å². The predicted octanol–water partition coefficient (Wildman–Crippen LogP) is 3.18. The van der Waals surface area contributed by atoms with Gasteiger partial charge in [0.25, 0.3) is 0 Å². The van der Waals surface area contributed by atoms with Crippen LogP contribution in [0.25, 0.3) is 6.08 Å². The molecule has 2 aromatic carbocycles. The second-order valence-electron chi connectivity index (χ2n) is 4.91. The highest BCUT2D eigenvalue weighted by molar-refractivity contribution is 5.67. The summed E-state index contributed by atoms with van der Waals surface area (Å²) in [5, 5.41) is 8.80. The molecule has 0 aliphatic heterocycles. The van der Waals surface area contributed by atoms with Crippen molar-refractivity contribution in [1.29, 1.82) is 0 Å². The number of hydrogen-bond donors (Lipinski definition) is 2. The van der Waals surface area contributed by atoms with Gasteiger partial charge in [0, 0.05) is 12.1 Å². The van der Waals surface area contributed by atoms with Crippen LogP contribution in [0, 0.1) is 0 Å². The summed E-state index contributed by atoms with van der Waals surface area (Å²) in [5.41, 5.74) is 6.92. The molecule has 1 aliphatic rings. The third kappa shape index (κ3) is 2.74. The van der Waals surface area contributed by atoms with Crippen molar-refractivity contribution < 1.29 is 9.94 Å². The number of benzene rings is 2. The summed E-state index contributed by atoms with van der Waals surface area (Å²) in [6, 6.07) is 16.2. The number of ether oxygens (including phenoxy) is 1. The van der Waals surface area contributed by atoms with Crippen LogP contribution < -0.4 is 10.2 Å². The fourth-order valence-corrected chi connectivity index (χ4v) is 2.49. The first-order valence-corrected chi connectivity index (χ1v) is 6.72. The summed E-state index contributed by atoms with van der Waals surface area (Å²) < 4.78 is 5.95. The van der Waals surface area contributed by atoms with Crippen molar-refractivity contribution in [2.75, 3.05) is 6.54 Å². The molecule has 0 bridgehead atoms. The van der Waals surface area contributed by atoms with Crippen molar-refractivity contribution in [1.82, 2.24) is 5.48 Å². The molecule has 0 fully saturated rings. The number of rotatable bonds is 5.